The van der Waals surface area contributed by atoms with Gasteiger partial charge in [-0.15, -0.1) is 0 Å². The summed E-state index contributed by atoms with van der Waals surface area (Å²) in [6, 6.07) is 2.81. The third kappa shape index (κ3) is 4.33. The van der Waals surface area contributed by atoms with Crippen molar-refractivity contribution in [1.29, 1.82) is 0 Å². The third-order valence-corrected chi connectivity index (χ3v) is 4.08. The zero-order valence-corrected chi connectivity index (χ0v) is 14.7. The van der Waals surface area contributed by atoms with Crippen LogP contribution in [0.4, 0.5) is 27.6 Å². The molecule has 3 aromatic rings. The molecule has 0 radical (unpaired) electrons. The molecule has 29 heavy (non-hydrogen) atoms. The van der Waals surface area contributed by atoms with Crippen molar-refractivity contribution >= 4 is 28.4 Å². The Hall–Kier alpha value is -3.50. The Labute approximate surface area is 160 Å². The number of alkyl halides is 3. The minimum atomic E-state index is -4.54. The smallest absolute Gasteiger partial charge is 0.359 e. The lowest BCUT2D eigenvalue weighted by molar-refractivity contribution is -0.138. The molecule has 0 fully saturated rings. The topological polar surface area (TPSA) is 86.9 Å². The van der Waals surface area contributed by atoms with Crippen LogP contribution in [0.1, 0.15) is 24.2 Å². The molecule has 0 bridgehead atoms. The highest BCUT2D eigenvalue weighted by Crippen LogP contribution is 2.29. The van der Waals surface area contributed by atoms with E-state index in [-0.39, 0.29) is 22.3 Å². The highest BCUT2D eigenvalue weighted by atomic mass is 19.4. The van der Waals surface area contributed by atoms with Gasteiger partial charge in [-0.1, -0.05) is 0 Å². The van der Waals surface area contributed by atoms with Gasteiger partial charge in [0.2, 0.25) is 0 Å². The summed E-state index contributed by atoms with van der Waals surface area (Å²) < 4.78 is 64.3. The van der Waals surface area contributed by atoms with E-state index in [0.29, 0.717) is 6.20 Å². The van der Waals surface area contributed by atoms with Crippen LogP contribution in [0.15, 0.2) is 36.7 Å². The first-order chi connectivity index (χ1) is 13.6. The molecule has 152 valence electrons. The van der Waals surface area contributed by atoms with E-state index in [2.05, 4.69) is 20.6 Å². The molecule has 1 aromatic carbocycles. The van der Waals surface area contributed by atoms with Crippen molar-refractivity contribution in [3.8, 4) is 0 Å². The largest absolute Gasteiger partial charge is 0.417 e. The van der Waals surface area contributed by atoms with E-state index in [9.17, 15) is 31.5 Å². The summed E-state index contributed by atoms with van der Waals surface area (Å²) in [5, 5.41) is 4.71. The van der Waals surface area contributed by atoms with Crippen LogP contribution >= 0.6 is 0 Å². The number of hydrogen-bond donors (Lipinski definition) is 3. The number of aromatic nitrogens is 2. The van der Waals surface area contributed by atoms with Crippen LogP contribution in [0, 0.1) is 11.6 Å². The number of nitrogens with zero attached hydrogens (tertiary/aromatic N) is 1. The standard InChI is InChI=1S/C18H13F5N4O2/c1-8(13-3-2-9(6-24-13)18(21,22)23)26-16(28)17(29)27-15-7-25-14-5-12(20)11(19)4-10(14)15/h2-8,25H,1H3,(H,26,28)(H,27,29)/t8-/m0/s1. The maximum Gasteiger partial charge on any atom is 0.417 e. The van der Waals surface area contributed by atoms with Crippen molar-refractivity contribution in [1.82, 2.24) is 15.3 Å². The number of rotatable bonds is 3. The summed E-state index contributed by atoms with van der Waals surface area (Å²) in [7, 11) is 0. The molecular formula is C18H13F5N4O2. The van der Waals surface area contributed by atoms with Gasteiger partial charge in [-0.3, -0.25) is 14.6 Å². The molecule has 2 aromatic heterocycles. The first-order valence-electron chi connectivity index (χ1n) is 8.17. The normalized spacial score (nSPS) is 12.6. The molecule has 2 heterocycles. The lowest BCUT2D eigenvalue weighted by Gasteiger charge is -2.14. The molecule has 0 saturated carbocycles. The second-order valence-corrected chi connectivity index (χ2v) is 6.13. The van der Waals surface area contributed by atoms with Crippen LogP contribution in [-0.2, 0) is 15.8 Å². The molecule has 3 rings (SSSR count). The van der Waals surface area contributed by atoms with E-state index < -0.39 is 41.2 Å². The number of H-pyrrole nitrogens is 1. The average molecular weight is 412 g/mol. The molecule has 0 aliphatic rings. The minimum absolute atomic E-state index is 0.0550. The van der Waals surface area contributed by atoms with Gasteiger partial charge < -0.3 is 15.6 Å². The van der Waals surface area contributed by atoms with Gasteiger partial charge in [0.05, 0.1) is 28.5 Å². The molecule has 0 unspecified atom stereocenters. The molecule has 0 aliphatic carbocycles. The number of aromatic amines is 1. The summed E-state index contributed by atoms with van der Waals surface area (Å²) in [6.07, 6.45) is -2.66. The number of hydrogen-bond acceptors (Lipinski definition) is 3. The number of benzene rings is 1. The Bertz CT molecular complexity index is 1080. The maximum absolute atomic E-state index is 13.4. The van der Waals surface area contributed by atoms with Crippen LogP contribution in [0.25, 0.3) is 10.9 Å². The van der Waals surface area contributed by atoms with Crippen molar-refractivity contribution in [2.75, 3.05) is 5.32 Å². The fourth-order valence-electron chi connectivity index (χ4n) is 2.56. The Balaban J connectivity index is 1.68. The van der Waals surface area contributed by atoms with Gasteiger partial charge >= 0.3 is 18.0 Å². The molecule has 0 aliphatic heterocycles. The van der Waals surface area contributed by atoms with Crippen LogP contribution < -0.4 is 10.6 Å². The molecule has 3 N–H and O–H groups in total. The van der Waals surface area contributed by atoms with Gasteiger partial charge in [0.1, 0.15) is 0 Å². The maximum atomic E-state index is 13.4. The quantitative estimate of drug-likeness (QED) is 0.453. The van der Waals surface area contributed by atoms with Crippen molar-refractivity contribution in [2.24, 2.45) is 0 Å². The molecule has 6 nitrogen and oxygen atoms in total. The van der Waals surface area contributed by atoms with Crippen LogP contribution in [0.2, 0.25) is 0 Å². The molecule has 2 amide bonds. The number of halogens is 5. The zero-order valence-electron chi connectivity index (χ0n) is 14.7. The van der Waals surface area contributed by atoms with Crippen LogP contribution in [-0.4, -0.2) is 21.8 Å². The summed E-state index contributed by atoms with van der Waals surface area (Å²) in [6.45, 7) is 1.44. The summed E-state index contributed by atoms with van der Waals surface area (Å²) in [5.41, 5.74) is -0.564. The van der Waals surface area contributed by atoms with E-state index in [4.69, 9.17) is 0 Å². The van der Waals surface area contributed by atoms with Gasteiger partial charge in [-0.2, -0.15) is 13.2 Å². The van der Waals surface area contributed by atoms with Crippen LogP contribution in [0.3, 0.4) is 0 Å². The van der Waals surface area contributed by atoms with E-state index in [1.165, 1.54) is 13.1 Å². The number of fused-ring (bicyclic) bond motifs is 1. The molecule has 0 spiro atoms. The molecule has 1 atom stereocenters. The van der Waals surface area contributed by atoms with Gasteiger partial charge in [0.25, 0.3) is 0 Å². The van der Waals surface area contributed by atoms with Gasteiger partial charge in [0, 0.05) is 23.8 Å². The van der Waals surface area contributed by atoms with E-state index in [1.807, 2.05) is 0 Å². The number of nitrogens with one attached hydrogen (secondary N) is 3. The summed E-state index contributed by atoms with van der Waals surface area (Å²) in [5.74, 6) is -4.39. The second kappa shape index (κ2) is 7.49. The highest BCUT2D eigenvalue weighted by molar-refractivity contribution is 6.40. The Kier molecular flexibility index (Phi) is 5.23. The fourth-order valence-corrected chi connectivity index (χ4v) is 2.56. The molecule has 11 heteroatoms. The molecule has 0 saturated heterocycles. The number of carbonyl (C=O) groups excluding carboxylic acids is 2. The predicted octanol–water partition coefficient (Wildman–Crippen LogP) is 3.68. The number of carbonyl (C=O) groups is 2. The van der Waals surface area contributed by atoms with E-state index in [1.54, 1.807) is 0 Å². The van der Waals surface area contributed by atoms with Gasteiger partial charge in [0.15, 0.2) is 11.6 Å². The van der Waals surface area contributed by atoms with Crippen LogP contribution in [0.5, 0.6) is 0 Å². The lowest BCUT2D eigenvalue weighted by atomic mass is 10.1. The Morgan fingerprint density at radius 3 is 2.41 bits per heavy atom. The number of amides is 2. The van der Waals surface area contributed by atoms with Gasteiger partial charge in [-0.25, -0.2) is 8.78 Å². The zero-order chi connectivity index (χ0) is 21.3. The minimum Gasteiger partial charge on any atom is -0.359 e. The second-order valence-electron chi connectivity index (χ2n) is 6.13. The third-order valence-electron chi connectivity index (χ3n) is 4.08. The number of pyridine rings is 1. The van der Waals surface area contributed by atoms with Crippen molar-refractivity contribution in [3.63, 3.8) is 0 Å². The summed E-state index contributed by atoms with van der Waals surface area (Å²) >= 11 is 0. The van der Waals surface area contributed by atoms with Crippen molar-refractivity contribution in [3.05, 3.63) is 59.6 Å². The predicted molar refractivity (Wildman–Crippen MR) is 92.6 cm³/mol. The van der Waals surface area contributed by atoms with Crippen molar-refractivity contribution < 1.29 is 31.5 Å². The monoisotopic (exact) mass is 412 g/mol. The van der Waals surface area contributed by atoms with E-state index >= 15 is 0 Å². The first kappa shape index (κ1) is 20.2. The summed E-state index contributed by atoms with van der Waals surface area (Å²) in [4.78, 5) is 30.4. The van der Waals surface area contributed by atoms with Gasteiger partial charge in [-0.05, 0) is 25.1 Å². The Morgan fingerprint density at radius 2 is 1.79 bits per heavy atom. The fraction of sp³-hybridized carbons (Fsp3) is 0.167. The SMILES string of the molecule is C[C@H](NC(=O)C(=O)Nc1c[nH]c2cc(F)c(F)cc12)c1ccc(C(F)(F)F)cn1. The van der Waals surface area contributed by atoms with Crippen molar-refractivity contribution in [2.45, 2.75) is 19.1 Å². The Morgan fingerprint density at radius 1 is 1.10 bits per heavy atom. The lowest BCUT2D eigenvalue weighted by Crippen LogP contribution is -2.37. The molecular weight excluding hydrogens is 399 g/mol. The highest BCUT2D eigenvalue weighted by Gasteiger charge is 2.31. The first-order valence-corrected chi connectivity index (χ1v) is 8.17. The average Bonchev–Trinajstić information content (AvgIpc) is 3.03. The van der Waals surface area contributed by atoms with E-state index in [0.717, 1.165) is 24.3 Å². The number of anilines is 1.